The molecule has 5 heteroatoms. The first kappa shape index (κ1) is 14.8. The highest BCUT2D eigenvalue weighted by atomic mass is 35.5. The normalized spacial score (nSPS) is 10.7. The first-order valence-electron chi connectivity index (χ1n) is 5.96. The molecule has 0 saturated carbocycles. The van der Waals surface area contributed by atoms with Crippen LogP contribution in [-0.4, -0.2) is 23.6 Å². The molecule has 0 heterocycles. The number of halogens is 1. The van der Waals surface area contributed by atoms with Crippen LogP contribution < -0.4 is 10.6 Å². The molecule has 0 unspecified atom stereocenters. The van der Waals surface area contributed by atoms with Gasteiger partial charge in [-0.25, -0.2) is 0 Å². The van der Waals surface area contributed by atoms with E-state index in [2.05, 4.69) is 10.6 Å². The van der Waals surface area contributed by atoms with Crippen LogP contribution in [0.2, 0.25) is 5.02 Å². The number of carbonyl (C=O) groups excluding carboxylic acids is 1. The lowest BCUT2D eigenvalue weighted by Gasteiger charge is -2.09. The molecule has 0 radical (unpaired) electrons. The summed E-state index contributed by atoms with van der Waals surface area (Å²) in [6, 6.07) is 5.06. The van der Waals surface area contributed by atoms with Gasteiger partial charge in [-0.05, 0) is 32.0 Å². The van der Waals surface area contributed by atoms with Gasteiger partial charge in [-0.1, -0.05) is 11.6 Å². The molecule has 0 bridgehead atoms. The largest absolute Gasteiger partial charge is 0.508 e. The smallest absolute Gasteiger partial charge is 0.221 e. The number of aromatic hydroxyl groups is 1. The summed E-state index contributed by atoms with van der Waals surface area (Å²) in [5.41, 5.74) is 0.728. The zero-order valence-corrected chi connectivity index (χ0v) is 11.4. The molecule has 0 aliphatic rings. The van der Waals surface area contributed by atoms with Gasteiger partial charge in [0.2, 0.25) is 5.91 Å². The first-order valence-corrected chi connectivity index (χ1v) is 6.34. The highest BCUT2D eigenvalue weighted by Gasteiger charge is 2.04. The van der Waals surface area contributed by atoms with Gasteiger partial charge in [0, 0.05) is 36.1 Å². The minimum Gasteiger partial charge on any atom is -0.508 e. The van der Waals surface area contributed by atoms with Gasteiger partial charge in [0.15, 0.2) is 0 Å². The van der Waals surface area contributed by atoms with E-state index in [0.29, 0.717) is 24.5 Å². The number of nitrogens with one attached hydrogen (secondary N) is 2. The van der Waals surface area contributed by atoms with Crippen molar-refractivity contribution in [2.75, 3.05) is 6.54 Å². The van der Waals surface area contributed by atoms with Crippen molar-refractivity contribution in [3.63, 3.8) is 0 Å². The van der Waals surface area contributed by atoms with Crippen molar-refractivity contribution in [1.82, 2.24) is 10.6 Å². The number of benzene rings is 1. The van der Waals surface area contributed by atoms with E-state index in [9.17, 15) is 9.90 Å². The standard InChI is InChI=1S/C13H19ClN2O2/c1-9(2)16-13(18)5-6-15-8-10-7-11(14)3-4-12(10)17/h3-4,7,9,15,17H,5-6,8H2,1-2H3,(H,16,18). The second-order valence-corrected chi connectivity index (χ2v) is 4.86. The summed E-state index contributed by atoms with van der Waals surface area (Å²) in [7, 11) is 0. The number of hydrogen-bond acceptors (Lipinski definition) is 3. The molecule has 1 aromatic carbocycles. The van der Waals surface area contributed by atoms with Gasteiger partial charge in [-0.3, -0.25) is 4.79 Å². The van der Waals surface area contributed by atoms with E-state index in [1.807, 2.05) is 13.8 Å². The van der Waals surface area contributed by atoms with E-state index in [4.69, 9.17) is 11.6 Å². The highest BCUT2D eigenvalue weighted by molar-refractivity contribution is 6.30. The fourth-order valence-corrected chi connectivity index (χ4v) is 1.71. The van der Waals surface area contributed by atoms with Gasteiger partial charge in [-0.2, -0.15) is 0 Å². The van der Waals surface area contributed by atoms with E-state index in [-0.39, 0.29) is 17.7 Å². The molecule has 0 fully saturated rings. The quantitative estimate of drug-likeness (QED) is 0.694. The van der Waals surface area contributed by atoms with Crippen LogP contribution in [0.4, 0.5) is 0 Å². The molecule has 1 aromatic rings. The molecule has 0 spiro atoms. The van der Waals surface area contributed by atoms with Gasteiger partial charge in [0.1, 0.15) is 5.75 Å². The Morgan fingerprint density at radius 3 is 2.83 bits per heavy atom. The van der Waals surface area contributed by atoms with Crippen molar-refractivity contribution in [3.05, 3.63) is 28.8 Å². The molecule has 18 heavy (non-hydrogen) atoms. The molecule has 0 aliphatic heterocycles. The Bertz CT molecular complexity index is 408. The van der Waals surface area contributed by atoms with Crippen molar-refractivity contribution in [2.24, 2.45) is 0 Å². The van der Waals surface area contributed by atoms with Gasteiger partial charge in [-0.15, -0.1) is 0 Å². The SMILES string of the molecule is CC(C)NC(=O)CCNCc1cc(Cl)ccc1O. The van der Waals surface area contributed by atoms with Crippen LogP contribution in [0.1, 0.15) is 25.8 Å². The molecule has 0 aliphatic carbocycles. The van der Waals surface area contributed by atoms with Crippen molar-refractivity contribution in [1.29, 1.82) is 0 Å². The van der Waals surface area contributed by atoms with Gasteiger partial charge in [0.25, 0.3) is 0 Å². The van der Waals surface area contributed by atoms with E-state index >= 15 is 0 Å². The molecule has 1 rings (SSSR count). The second-order valence-electron chi connectivity index (χ2n) is 4.42. The van der Waals surface area contributed by atoms with Gasteiger partial charge >= 0.3 is 0 Å². The third-order valence-corrected chi connectivity index (χ3v) is 2.57. The molecule has 4 nitrogen and oxygen atoms in total. The molecule has 0 atom stereocenters. The predicted octanol–water partition coefficient (Wildman–Crippen LogP) is 2.05. The van der Waals surface area contributed by atoms with Crippen LogP contribution >= 0.6 is 11.6 Å². The Labute approximate surface area is 112 Å². The fraction of sp³-hybridized carbons (Fsp3) is 0.462. The molecule has 1 amide bonds. The first-order chi connectivity index (χ1) is 8.49. The van der Waals surface area contributed by atoms with Crippen LogP contribution in [0, 0.1) is 0 Å². The van der Waals surface area contributed by atoms with Crippen LogP contribution in [0.5, 0.6) is 5.75 Å². The summed E-state index contributed by atoms with van der Waals surface area (Å²) >= 11 is 5.83. The van der Waals surface area contributed by atoms with Crippen LogP contribution in [0.3, 0.4) is 0 Å². The summed E-state index contributed by atoms with van der Waals surface area (Å²) < 4.78 is 0. The zero-order valence-electron chi connectivity index (χ0n) is 10.7. The minimum atomic E-state index is 0.0211. The summed E-state index contributed by atoms with van der Waals surface area (Å²) in [5.74, 6) is 0.228. The summed E-state index contributed by atoms with van der Waals surface area (Å²) in [6.45, 7) is 4.90. The van der Waals surface area contributed by atoms with Crippen LogP contribution in [0.25, 0.3) is 0 Å². The van der Waals surface area contributed by atoms with E-state index in [1.165, 1.54) is 0 Å². The summed E-state index contributed by atoms with van der Waals surface area (Å²) in [4.78, 5) is 11.4. The maximum absolute atomic E-state index is 11.4. The minimum absolute atomic E-state index is 0.0211. The monoisotopic (exact) mass is 270 g/mol. The fourth-order valence-electron chi connectivity index (χ4n) is 1.51. The molecule has 3 N–H and O–H groups in total. The molecule has 100 valence electrons. The lowest BCUT2D eigenvalue weighted by Crippen LogP contribution is -2.32. The number of phenolic OH excluding ortho intramolecular Hbond substituents is 1. The van der Waals surface area contributed by atoms with E-state index in [0.717, 1.165) is 5.56 Å². The van der Waals surface area contributed by atoms with Gasteiger partial charge < -0.3 is 15.7 Å². The average molecular weight is 271 g/mol. The van der Waals surface area contributed by atoms with Crippen LogP contribution in [-0.2, 0) is 11.3 Å². The summed E-state index contributed by atoms with van der Waals surface area (Å²) in [5, 5.41) is 16.1. The molecule has 0 aromatic heterocycles. The Kier molecular flexibility index (Phi) is 5.95. The number of amides is 1. The Hall–Kier alpha value is -1.26. The van der Waals surface area contributed by atoms with Crippen LogP contribution in [0.15, 0.2) is 18.2 Å². The third-order valence-electron chi connectivity index (χ3n) is 2.34. The van der Waals surface area contributed by atoms with E-state index < -0.39 is 0 Å². The number of rotatable bonds is 6. The second kappa shape index (κ2) is 7.24. The lowest BCUT2D eigenvalue weighted by molar-refractivity contribution is -0.121. The third kappa shape index (κ3) is 5.38. The Balaban J connectivity index is 2.29. The Morgan fingerprint density at radius 1 is 1.44 bits per heavy atom. The zero-order chi connectivity index (χ0) is 13.5. The number of phenols is 1. The lowest BCUT2D eigenvalue weighted by atomic mass is 10.2. The van der Waals surface area contributed by atoms with Crippen molar-refractivity contribution >= 4 is 17.5 Å². The molecule has 0 saturated heterocycles. The topological polar surface area (TPSA) is 61.4 Å². The number of hydrogen-bond donors (Lipinski definition) is 3. The maximum atomic E-state index is 11.4. The molecular formula is C13H19ClN2O2. The number of carbonyl (C=O) groups is 1. The highest BCUT2D eigenvalue weighted by Crippen LogP contribution is 2.20. The van der Waals surface area contributed by atoms with Crippen molar-refractivity contribution in [3.8, 4) is 5.75 Å². The maximum Gasteiger partial charge on any atom is 0.221 e. The van der Waals surface area contributed by atoms with Crippen molar-refractivity contribution < 1.29 is 9.90 Å². The van der Waals surface area contributed by atoms with Gasteiger partial charge in [0.05, 0.1) is 0 Å². The predicted molar refractivity (Wildman–Crippen MR) is 72.7 cm³/mol. The van der Waals surface area contributed by atoms with E-state index in [1.54, 1.807) is 18.2 Å². The average Bonchev–Trinajstić information content (AvgIpc) is 2.28. The van der Waals surface area contributed by atoms with Crippen molar-refractivity contribution in [2.45, 2.75) is 32.9 Å². The Morgan fingerprint density at radius 2 is 2.17 bits per heavy atom. The molecular weight excluding hydrogens is 252 g/mol. The summed E-state index contributed by atoms with van der Waals surface area (Å²) in [6.07, 6.45) is 0.416.